The average molecular weight is 465 g/mol. The molecule has 1 aromatic carbocycles. The number of nitrogens with zero attached hydrogens (tertiary/aromatic N) is 2. The minimum Gasteiger partial charge on any atom is -0.503 e. The van der Waals surface area contributed by atoms with Crippen molar-refractivity contribution in [3.8, 4) is 5.75 Å². The normalized spacial score (nSPS) is 19.2. The predicted octanol–water partition coefficient (Wildman–Crippen LogP) is 3.15. The maximum atomic E-state index is 13.2. The van der Waals surface area contributed by atoms with Gasteiger partial charge in [0.2, 0.25) is 0 Å². The Morgan fingerprint density at radius 2 is 1.94 bits per heavy atom. The molecule has 1 N–H and O–H groups in total. The van der Waals surface area contributed by atoms with Crippen LogP contribution in [0, 0.1) is 0 Å². The summed E-state index contributed by atoms with van der Waals surface area (Å²) in [6.45, 7) is 7.84. The number of hydrogen-bond donors (Lipinski definition) is 1. The number of ether oxygens (including phenoxy) is 2. The Morgan fingerprint density at radius 1 is 1.18 bits per heavy atom. The molecule has 2 aromatic rings. The molecule has 178 valence electrons. The predicted molar refractivity (Wildman–Crippen MR) is 126 cm³/mol. The molecular weight excluding hydrogens is 436 g/mol. The molecule has 2 aliphatic rings. The van der Waals surface area contributed by atoms with Crippen LogP contribution in [0.5, 0.6) is 5.75 Å². The van der Waals surface area contributed by atoms with Crippen LogP contribution in [0.3, 0.4) is 0 Å². The molecule has 0 bridgehead atoms. The van der Waals surface area contributed by atoms with Gasteiger partial charge in [-0.2, -0.15) is 0 Å². The van der Waals surface area contributed by atoms with Gasteiger partial charge in [-0.3, -0.25) is 14.5 Å². The number of furan rings is 1. The lowest BCUT2D eigenvalue weighted by Crippen LogP contribution is -2.43. The largest absolute Gasteiger partial charge is 0.503 e. The van der Waals surface area contributed by atoms with Gasteiger partial charge >= 0.3 is 0 Å². The highest BCUT2D eigenvalue weighted by atomic mass is 16.5. The summed E-state index contributed by atoms with van der Waals surface area (Å²) >= 11 is 0. The molecule has 1 saturated heterocycles. The molecule has 8 heteroatoms. The summed E-state index contributed by atoms with van der Waals surface area (Å²) in [5, 5.41) is 10.7. The van der Waals surface area contributed by atoms with E-state index in [0.29, 0.717) is 50.0 Å². The Balaban J connectivity index is 1.61. The van der Waals surface area contributed by atoms with Crippen molar-refractivity contribution < 1.29 is 28.6 Å². The van der Waals surface area contributed by atoms with E-state index in [9.17, 15) is 14.7 Å². The summed E-state index contributed by atoms with van der Waals surface area (Å²) in [6.07, 6.45) is 6.00. The lowest BCUT2D eigenvalue weighted by atomic mass is 9.95. The monoisotopic (exact) mass is 464 g/mol. The molecule has 3 heterocycles. The van der Waals surface area contributed by atoms with Crippen LogP contribution in [0.2, 0.25) is 0 Å². The van der Waals surface area contributed by atoms with Crippen LogP contribution in [-0.4, -0.2) is 72.6 Å². The number of hydrogen-bond acceptors (Lipinski definition) is 7. The lowest BCUT2D eigenvalue weighted by Gasteiger charge is -2.31. The van der Waals surface area contributed by atoms with Crippen molar-refractivity contribution >= 4 is 17.8 Å². The Bertz CT molecular complexity index is 1070. The molecule has 0 radical (unpaired) electrons. The van der Waals surface area contributed by atoms with E-state index in [0.717, 1.165) is 13.1 Å². The zero-order chi connectivity index (χ0) is 23.9. The first-order chi connectivity index (χ1) is 16.6. The Hall–Kier alpha value is -3.62. The van der Waals surface area contributed by atoms with Crippen LogP contribution < -0.4 is 4.74 Å². The minimum atomic E-state index is -0.712. The topological polar surface area (TPSA) is 92.5 Å². The van der Waals surface area contributed by atoms with Gasteiger partial charge in [-0.25, -0.2) is 0 Å². The number of allylic oxidation sites excluding steroid dienone is 1. The SMILES string of the molecule is C=CCOc1ccc(C2C(C(=O)/C=C/c3ccco3)=C(O)C(=O)N2CCN2CCOCC2)cc1. The number of carbonyl (C=O) groups is 2. The van der Waals surface area contributed by atoms with E-state index in [1.54, 1.807) is 47.4 Å². The van der Waals surface area contributed by atoms with Crippen molar-refractivity contribution in [2.24, 2.45) is 0 Å². The van der Waals surface area contributed by atoms with E-state index in [1.165, 1.54) is 18.4 Å². The number of carbonyl (C=O) groups excluding carboxylic acids is 2. The van der Waals surface area contributed by atoms with E-state index in [1.807, 2.05) is 0 Å². The number of aliphatic hydroxyl groups is 1. The molecule has 2 aliphatic heterocycles. The van der Waals surface area contributed by atoms with Gasteiger partial charge in [-0.15, -0.1) is 0 Å². The zero-order valence-corrected chi connectivity index (χ0v) is 18.9. The molecule has 1 fully saturated rings. The van der Waals surface area contributed by atoms with Gasteiger partial charge < -0.3 is 23.9 Å². The zero-order valence-electron chi connectivity index (χ0n) is 18.9. The molecule has 0 spiro atoms. The molecule has 1 unspecified atom stereocenters. The minimum absolute atomic E-state index is 0.0505. The van der Waals surface area contributed by atoms with Crippen molar-refractivity contribution in [1.82, 2.24) is 9.80 Å². The molecule has 0 aliphatic carbocycles. The van der Waals surface area contributed by atoms with E-state index in [-0.39, 0.29) is 5.57 Å². The lowest BCUT2D eigenvalue weighted by molar-refractivity contribution is -0.129. The van der Waals surface area contributed by atoms with E-state index in [2.05, 4.69) is 11.5 Å². The molecular formula is C26H28N2O6. The Kier molecular flexibility index (Phi) is 7.61. The second-order valence-corrected chi connectivity index (χ2v) is 8.00. The Morgan fingerprint density at radius 3 is 2.62 bits per heavy atom. The van der Waals surface area contributed by atoms with E-state index in [4.69, 9.17) is 13.9 Å². The van der Waals surface area contributed by atoms with Crippen molar-refractivity contribution in [3.63, 3.8) is 0 Å². The fourth-order valence-electron chi connectivity index (χ4n) is 4.09. The third-order valence-electron chi connectivity index (χ3n) is 5.84. The first-order valence-corrected chi connectivity index (χ1v) is 11.2. The van der Waals surface area contributed by atoms with Gasteiger partial charge in [0.1, 0.15) is 18.1 Å². The van der Waals surface area contributed by atoms with Gasteiger partial charge in [-0.05, 0) is 42.0 Å². The number of benzene rings is 1. The first kappa shape index (κ1) is 23.5. The number of amides is 1. The second-order valence-electron chi connectivity index (χ2n) is 8.00. The van der Waals surface area contributed by atoms with Crippen LogP contribution >= 0.6 is 0 Å². The molecule has 1 aromatic heterocycles. The van der Waals surface area contributed by atoms with Crippen molar-refractivity contribution in [3.05, 3.63) is 84.0 Å². The van der Waals surface area contributed by atoms with Crippen LogP contribution in [0.4, 0.5) is 0 Å². The number of aliphatic hydroxyl groups excluding tert-OH is 1. The van der Waals surface area contributed by atoms with Crippen LogP contribution in [0.1, 0.15) is 17.4 Å². The molecule has 4 rings (SSSR count). The smallest absolute Gasteiger partial charge is 0.290 e. The summed E-state index contributed by atoms with van der Waals surface area (Å²) < 4.78 is 16.2. The van der Waals surface area contributed by atoms with Crippen LogP contribution in [0.25, 0.3) is 6.08 Å². The molecule has 0 saturated carbocycles. The average Bonchev–Trinajstić information content (AvgIpc) is 3.48. The standard InChI is InChI=1S/C26H28N2O6/c1-2-15-33-21-7-5-19(6-8-21)24-23(22(29)10-9-20-4-3-16-34-20)25(30)26(31)28(24)12-11-27-13-17-32-18-14-27/h2-10,16,24,30H,1,11-15,17-18H2/b10-9+. The van der Waals surface area contributed by atoms with Crippen molar-refractivity contribution in [2.45, 2.75) is 6.04 Å². The summed E-state index contributed by atoms with van der Waals surface area (Å²) in [5.41, 5.74) is 0.759. The molecule has 34 heavy (non-hydrogen) atoms. The summed E-state index contributed by atoms with van der Waals surface area (Å²) in [6, 6.07) is 9.88. The molecule has 1 amide bonds. The molecule has 8 nitrogen and oxygen atoms in total. The highest BCUT2D eigenvalue weighted by Crippen LogP contribution is 2.38. The number of morpholine rings is 1. The van der Waals surface area contributed by atoms with Gasteiger partial charge in [0.05, 0.1) is 31.1 Å². The van der Waals surface area contributed by atoms with Crippen molar-refractivity contribution in [1.29, 1.82) is 0 Å². The van der Waals surface area contributed by atoms with E-state index >= 15 is 0 Å². The van der Waals surface area contributed by atoms with Gasteiger partial charge in [0.25, 0.3) is 5.91 Å². The summed E-state index contributed by atoms with van der Waals surface area (Å²) in [7, 11) is 0. The van der Waals surface area contributed by atoms with Gasteiger partial charge in [0, 0.05) is 26.2 Å². The quantitative estimate of drug-likeness (QED) is 0.427. The fraction of sp³-hybridized carbons (Fsp3) is 0.308. The Labute approximate surface area is 198 Å². The second kappa shape index (κ2) is 11.0. The highest BCUT2D eigenvalue weighted by Gasteiger charge is 2.42. The molecule has 1 atom stereocenters. The third-order valence-corrected chi connectivity index (χ3v) is 5.84. The maximum absolute atomic E-state index is 13.2. The number of ketones is 1. The number of rotatable bonds is 10. The summed E-state index contributed by atoms with van der Waals surface area (Å²) in [4.78, 5) is 30.0. The van der Waals surface area contributed by atoms with E-state index < -0.39 is 23.5 Å². The first-order valence-electron chi connectivity index (χ1n) is 11.2. The van der Waals surface area contributed by atoms with Gasteiger partial charge in [-0.1, -0.05) is 24.8 Å². The third kappa shape index (κ3) is 5.30. The van der Waals surface area contributed by atoms with Crippen LogP contribution in [-0.2, 0) is 14.3 Å². The summed E-state index contributed by atoms with van der Waals surface area (Å²) in [5.74, 6) is -0.380. The fourth-order valence-corrected chi connectivity index (χ4v) is 4.09. The van der Waals surface area contributed by atoms with Gasteiger partial charge in [0.15, 0.2) is 11.5 Å². The highest BCUT2D eigenvalue weighted by molar-refractivity contribution is 6.14. The van der Waals surface area contributed by atoms with Crippen LogP contribution in [0.15, 0.2) is 77.1 Å². The van der Waals surface area contributed by atoms with Crippen molar-refractivity contribution in [2.75, 3.05) is 46.0 Å². The maximum Gasteiger partial charge on any atom is 0.290 e.